The molecule has 1 aromatic carbocycles. The van der Waals surface area contributed by atoms with E-state index in [2.05, 4.69) is 9.97 Å². The third-order valence-electron chi connectivity index (χ3n) is 2.21. The van der Waals surface area contributed by atoms with Crippen LogP contribution in [-0.4, -0.2) is 14.9 Å². The molecule has 0 saturated heterocycles. The normalized spacial score (nSPS) is 12.9. The summed E-state index contributed by atoms with van der Waals surface area (Å²) in [6, 6.07) is 2.79. The number of nitrogens with zero attached hydrogens (tertiary/aromatic N) is 2. The molecule has 7 heteroatoms. The van der Waals surface area contributed by atoms with E-state index in [1.165, 1.54) is 6.07 Å². The monoisotopic (exact) mass is 240 g/mol. The summed E-state index contributed by atoms with van der Waals surface area (Å²) in [5.41, 5.74) is 6.25. The Bertz CT molecular complexity index is 564. The first kappa shape index (κ1) is 10.8. The Labute approximate surface area is 95.6 Å². The zero-order chi connectivity index (χ0) is 11.9. The summed E-state index contributed by atoms with van der Waals surface area (Å²) in [4.78, 5) is 17.3. The van der Waals surface area contributed by atoms with Crippen LogP contribution < -0.4 is 5.73 Å². The number of hydrogen-bond acceptors (Lipinski definition) is 4. The highest BCUT2D eigenvalue weighted by atomic mass is 35.5. The second-order valence-electron chi connectivity index (χ2n) is 3.46. The summed E-state index contributed by atoms with van der Waals surface area (Å²) in [5.74, 6) is 0.500. The van der Waals surface area contributed by atoms with Crippen molar-refractivity contribution in [3.05, 3.63) is 33.1 Å². The number of imidazole rings is 1. The molecule has 6 nitrogen and oxygen atoms in total. The van der Waals surface area contributed by atoms with E-state index >= 15 is 0 Å². The Morgan fingerprint density at radius 1 is 1.62 bits per heavy atom. The molecule has 1 aromatic heterocycles. The van der Waals surface area contributed by atoms with Crippen molar-refractivity contribution in [2.45, 2.75) is 13.0 Å². The smallest absolute Gasteiger partial charge is 0.315 e. The zero-order valence-electron chi connectivity index (χ0n) is 8.40. The number of H-pyrrole nitrogens is 1. The fourth-order valence-corrected chi connectivity index (χ4v) is 1.67. The van der Waals surface area contributed by atoms with Crippen LogP contribution in [0, 0.1) is 10.1 Å². The van der Waals surface area contributed by atoms with Crippen LogP contribution in [0.5, 0.6) is 0 Å². The van der Waals surface area contributed by atoms with Gasteiger partial charge in [-0.15, -0.1) is 0 Å². The van der Waals surface area contributed by atoms with Crippen molar-refractivity contribution in [2.24, 2.45) is 5.73 Å². The summed E-state index contributed by atoms with van der Waals surface area (Å²) >= 11 is 5.76. The van der Waals surface area contributed by atoms with Gasteiger partial charge in [0.25, 0.3) is 0 Å². The van der Waals surface area contributed by atoms with Crippen molar-refractivity contribution in [2.75, 3.05) is 0 Å². The van der Waals surface area contributed by atoms with Gasteiger partial charge in [-0.1, -0.05) is 11.6 Å². The summed E-state index contributed by atoms with van der Waals surface area (Å²) < 4.78 is 0. The SMILES string of the molecule is C[C@H](N)c1nc2c([N+](=O)[O-])c(Cl)ccc2[nH]1. The number of nitrogens with two attached hydrogens (primary N) is 1. The molecule has 0 saturated carbocycles. The maximum absolute atomic E-state index is 10.9. The van der Waals surface area contributed by atoms with Crippen LogP contribution in [0.2, 0.25) is 5.02 Å². The molecule has 16 heavy (non-hydrogen) atoms. The molecule has 1 atom stereocenters. The first-order chi connectivity index (χ1) is 7.50. The lowest BCUT2D eigenvalue weighted by Crippen LogP contribution is -2.06. The van der Waals surface area contributed by atoms with Crippen molar-refractivity contribution in [1.29, 1.82) is 0 Å². The molecule has 0 radical (unpaired) electrons. The molecule has 0 fully saturated rings. The van der Waals surface area contributed by atoms with E-state index < -0.39 is 4.92 Å². The Morgan fingerprint density at radius 3 is 2.88 bits per heavy atom. The summed E-state index contributed by atoms with van der Waals surface area (Å²) in [6.45, 7) is 1.74. The van der Waals surface area contributed by atoms with Gasteiger partial charge in [0.05, 0.1) is 16.5 Å². The summed E-state index contributed by atoms with van der Waals surface area (Å²) in [6.07, 6.45) is 0. The van der Waals surface area contributed by atoms with Gasteiger partial charge < -0.3 is 10.7 Å². The van der Waals surface area contributed by atoms with Crippen LogP contribution in [0.15, 0.2) is 12.1 Å². The summed E-state index contributed by atoms with van der Waals surface area (Å²) in [5, 5.41) is 10.9. The molecule has 2 rings (SSSR count). The standard InChI is InChI=1S/C9H9ClN4O2/c1-4(11)9-12-6-3-2-5(10)8(14(15)16)7(6)13-9/h2-4H,11H2,1H3,(H,12,13)/t4-/m0/s1. The molecule has 0 aliphatic rings. The van der Waals surface area contributed by atoms with Crippen LogP contribution in [0.1, 0.15) is 18.8 Å². The minimum atomic E-state index is -0.545. The average Bonchev–Trinajstić information content (AvgIpc) is 2.60. The Kier molecular flexibility index (Phi) is 2.53. The maximum atomic E-state index is 10.9. The highest BCUT2D eigenvalue weighted by molar-refractivity contribution is 6.33. The molecular formula is C9H9ClN4O2. The van der Waals surface area contributed by atoms with Crippen LogP contribution in [0.4, 0.5) is 5.69 Å². The van der Waals surface area contributed by atoms with E-state index in [1.54, 1.807) is 13.0 Å². The van der Waals surface area contributed by atoms with Gasteiger partial charge in [0, 0.05) is 0 Å². The number of fused-ring (bicyclic) bond motifs is 1. The molecule has 2 aromatic rings. The molecule has 1 heterocycles. The van der Waals surface area contributed by atoms with Gasteiger partial charge in [-0.05, 0) is 19.1 Å². The molecule has 84 valence electrons. The van der Waals surface area contributed by atoms with Gasteiger partial charge in [0.2, 0.25) is 0 Å². The maximum Gasteiger partial charge on any atom is 0.315 e. The molecule has 0 amide bonds. The highest BCUT2D eigenvalue weighted by Gasteiger charge is 2.21. The van der Waals surface area contributed by atoms with E-state index in [1.807, 2.05) is 0 Å². The van der Waals surface area contributed by atoms with Crippen molar-refractivity contribution < 1.29 is 4.92 Å². The Hall–Kier alpha value is -1.66. The Morgan fingerprint density at radius 2 is 2.31 bits per heavy atom. The first-order valence-corrected chi connectivity index (χ1v) is 4.96. The minimum Gasteiger partial charge on any atom is -0.340 e. The predicted molar refractivity (Wildman–Crippen MR) is 60.4 cm³/mol. The largest absolute Gasteiger partial charge is 0.340 e. The fourth-order valence-electron chi connectivity index (χ4n) is 1.44. The number of hydrogen-bond donors (Lipinski definition) is 2. The number of halogens is 1. The van der Waals surface area contributed by atoms with Crippen molar-refractivity contribution in [3.63, 3.8) is 0 Å². The van der Waals surface area contributed by atoms with Crippen LogP contribution in [0.25, 0.3) is 11.0 Å². The molecular weight excluding hydrogens is 232 g/mol. The van der Waals surface area contributed by atoms with Crippen LogP contribution in [0.3, 0.4) is 0 Å². The van der Waals surface area contributed by atoms with Crippen LogP contribution >= 0.6 is 11.6 Å². The molecule has 0 aliphatic carbocycles. The fraction of sp³-hybridized carbons (Fsp3) is 0.222. The van der Waals surface area contributed by atoms with Gasteiger partial charge >= 0.3 is 5.69 Å². The van der Waals surface area contributed by atoms with Crippen LogP contribution in [-0.2, 0) is 0 Å². The molecule has 0 spiro atoms. The van der Waals surface area contributed by atoms with Gasteiger partial charge in [0.15, 0.2) is 5.52 Å². The van der Waals surface area contributed by atoms with E-state index in [4.69, 9.17) is 17.3 Å². The number of aromatic amines is 1. The number of nitro groups is 1. The van der Waals surface area contributed by atoms with E-state index in [0.717, 1.165) is 0 Å². The number of aromatic nitrogens is 2. The van der Waals surface area contributed by atoms with Gasteiger partial charge in [0.1, 0.15) is 10.8 Å². The number of nitrogens with one attached hydrogen (secondary N) is 1. The number of benzene rings is 1. The van der Waals surface area contributed by atoms with Gasteiger partial charge in [-0.25, -0.2) is 4.98 Å². The predicted octanol–water partition coefficient (Wildman–Crippen LogP) is 2.14. The lowest BCUT2D eigenvalue weighted by atomic mass is 10.3. The third-order valence-corrected chi connectivity index (χ3v) is 2.52. The average molecular weight is 241 g/mol. The number of rotatable bonds is 2. The van der Waals surface area contributed by atoms with E-state index in [-0.39, 0.29) is 22.3 Å². The third kappa shape index (κ3) is 1.62. The Balaban J connectivity index is 2.77. The van der Waals surface area contributed by atoms with Crippen molar-refractivity contribution >= 4 is 28.3 Å². The lowest BCUT2D eigenvalue weighted by Gasteiger charge is -1.96. The quantitative estimate of drug-likeness (QED) is 0.621. The molecule has 0 bridgehead atoms. The first-order valence-electron chi connectivity index (χ1n) is 4.58. The number of nitro benzene ring substituents is 1. The molecule has 3 N–H and O–H groups in total. The molecule has 0 aliphatic heterocycles. The topological polar surface area (TPSA) is 97.8 Å². The van der Waals surface area contributed by atoms with E-state index in [0.29, 0.717) is 11.3 Å². The van der Waals surface area contributed by atoms with Crippen molar-refractivity contribution in [1.82, 2.24) is 9.97 Å². The minimum absolute atomic E-state index is 0.0697. The van der Waals surface area contributed by atoms with Crippen molar-refractivity contribution in [3.8, 4) is 0 Å². The van der Waals surface area contributed by atoms with Gasteiger partial charge in [-0.2, -0.15) is 0 Å². The zero-order valence-corrected chi connectivity index (χ0v) is 9.15. The lowest BCUT2D eigenvalue weighted by molar-refractivity contribution is -0.383. The second-order valence-corrected chi connectivity index (χ2v) is 3.87. The van der Waals surface area contributed by atoms with Gasteiger partial charge in [-0.3, -0.25) is 10.1 Å². The summed E-state index contributed by atoms with van der Waals surface area (Å²) in [7, 11) is 0. The molecule has 0 unspecified atom stereocenters. The second kappa shape index (κ2) is 3.73. The van der Waals surface area contributed by atoms with E-state index in [9.17, 15) is 10.1 Å². The highest BCUT2D eigenvalue weighted by Crippen LogP contribution is 2.32.